The predicted octanol–water partition coefficient (Wildman–Crippen LogP) is 2.20. The van der Waals surface area contributed by atoms with Gasteiger partial charge in [-0.1, -0.05) is 13.8 Å². The molecule has 5 nitrogen and oxygen atoms in total. The maximum Gasteiger partial charge on any atom is 0.245 e. The van der Waals surface area contributed by atoms with Gasteiger partial charge in [0, 0.05) is 12.6 Å². The molecule has 6 heteroatoms. The lowest BCUT2D eigenvalue weighted by atomic mass is 9.88. The van der Waals surface area contributed by atoms with E-state index in [2.05, 4.69) is 13.8 Å². The van der Waals surface area contributed by atoms with Gasteiger partial charge in [0.15, 0.2) is 0 Å². The van der Waals surface area contributed by atoms with E-state index in [0.717, 1.165) is 6.42 Å². The number of nitrogens with zero attached hydrogens (tertiary/aromatic N) is 2. The smallest absolute Gasteiger partial charge is 0.245 e. The molecule has 0 spiro atoms. The van der Waals surface area contributed by atoms with Gasteiger partial charge in [-0.25, -0.2) is 8.42 Å². The zero-order valence-corrected chi connectivity index (χ0v) is 13.4. The molecule has 1 fully saturated rings. The van der Waals surface area contributed by atoms with Crippen LogP contribution in [0.4, 0.5) is 5.69 Å². The fraction of sp³-hybridized carbons (Fsp3) is 0.533. The number of nitrogen functional groups attached to an aromatic ring is 1. The number of sulfonamides is 1. The molecule has 2 rings (SSSR count). The van der Waals surface area contributed by atoms with Crippen LogP contribution in [-0.4, -0.2) is 25.3 Å². The average molecular weight is 307 g/mol. The molecule has 0 amide bonds. The lowest BCUT2D eigenvalue weighted by Gasteiger charge is -2.40. The standard InChI is InChI=1S/C15H21N3O2S/c1-10-6-11(2)12(3)18(9-10)21(19,20)15-5-4-13(8-16)7-14(15)17/h4-5,7,10-12H,6,9,17H2,1-3H3. The lowest BCUT2D eigenvalue weighted by molar-refractivity contribution is 0.157. The van der Waals surface area contributed by atoms with Crippen LogP contribution in [0.5, 0.6) is 0 Å². The molecule has 0 radical (unpaired) electrons. The van der Waals surface area contributed by atoms with E-state index in [9.17, 15) is 8.42 Å². The van der Waals surface area contributed by atoms with Crippen molar-refractivity contribution in [3.63, 3.8) is 0 Å². The zero-order valence-electron chi connectivity index (χ0n) is 12.6. The van der Waals surface area contributed by atoms with Crippen LogP contribution in [0, 0.1) is 23.2 Å². The highest BCUT2D eigenvalue weighted by Crippen LogP contribution is 2.33. The topological polar surface area (TPSA) is 87.2 Å². The first-order chi connectivity index (χ1) is 9.77. The van der Waals surface area contributed by atoms with Crippen molar-refractivity contribution in [1.82, 2.24) is 4.31 Å². The number of anilines is 1. The minimum Gasteiger partial charge on any atom is -0.398 e. The van der Waals surface area contributed by atoms with Gasteiger partial charge < -0.3 is 5.73 Å². The van der Waals surface area contributed by atoms with E-state index in [1.807, 2.05) is 13.0 Å². The van der Waals surface area contributed by atoms with Crippen molar-refractivity contribution in [2.45, 2.75) is 38.1 Å². The molecule has 1 aromatic rings. The zero-order chi connectivity index (χ0) is 15.8. The van der Waals surface area contributed by atoms with Gasteiger partial charge in [-0.3, -0.25) is 0 Å². The molecule has 3 atom stereocenters. The molecule has 1 aliphatic rings. The van der Waals surface area contributed by atoms with Gasteiger partial charge in [-0.2, -0.15) is 9.57 Å². The van der Waals surface area contributed by atoms with Gasteiger partial charge in [0.25, 0.3) is 0 Å². The van der Waals surface area contributed by atoms with Gasteiger partial charge in [0.05, 0.1) is 17.3 Å². The number of rotatable bonds is 2. The Morgan fingerprint density at radius 3 is 2.57 bits per heavy atom. The highest BCUT2D eigenvalue weighted by molar-refractivity contribution is 7.89. The Bertz CT molecular complexity index is 679. The van der Waals surface area contributed by atoms with Crippen molar-refractivity contribution in [2.24, 2.45) is 11.8 Å². The summed E-state index contributed by atoms with van der Waals surface area (Å²) in [5.74, 6) is 0.633. The molecule has 1 saturated heterocycles. The van der Waals surface area contributed by atoms with Gasteiger partial charge in [-0.15, -0.1) is 0 Å². The van der Waals surface area contributed by atoms with E-state index in [-0.39, 0.29) is 16.6 Å². The Balaban J connectivity index is 2.44. The molecule has 1 aliphatic heterocycles. The Morgan fingerprint density at radius 2 is 2.00 bits per heavy atom. The Hall–Kier alpha value is -1.58. The quantitative estimate of drug-likeness (QED) is 0.848. The van der Waals surface area contributed by atoms with Crippen LogP contribution in [-0.2, 0) is 10.0 Å². The third-order valence-corrected chi connectivity index (χ3v) is 6.30. The second-order valence-electron chi connectivity index (χ2n) is 6.00. The number of nitrogens with two attached hydrogens (primary N) is 1. The first-order valence-electron chi connectivity index (χ1n) is 7.08. The SMILES string of the molecule is CC1CC(C)C(C)N(S(=O)(=O)c2ccc(C#N)cc2N)C1. The molecule has 1 heterocycles. The van der Waals surface area contributed by atoms with E-state index >= 15 is 0 Å². The van der Waals surface area contributed by atoms with Crippen molar-refractivity contribution in [1.29, 1.82) is 5.26 Å². The highest BCUT2D eigenvalue weighted by atomic mass is 32.2. The highest BCUT2D eigenvalue weighted by Gasteiger charge is 2.37. The normalized spacial score (nSPS) is 27.2. The van der Waals surface area contributed by atoms with E-state index in [1.54, 1.807) is 4.31 Å². The van der Waals surface area contributed by atoms with Gasteiger partial charge >= 0.3 is 0 Å². The van der Waals surface area contributed by atoms with Crippen LogP contribution >= 0.6 is 0 Å². The molecule has 114 valence electrons. The fourth-order valence-corrected chi connectivity index (χ4v) is 4.91. The minimum atomic E-state index is -3.63. The fourth-order valence-electron chi connectivity index (χ4n) is 2.96. The van der Waals surface area contributed by atoms with Crippen molar-refractivity contribution in [3.05, 3.63) is 23.8 Å². The van der Waals surface area contributed by atoms with Gasteiger partial charge in [-0.05, 0) is 43.4 Å². The number of hydrogen-bond acceptors (Lipinski definition) is 4. The molecule has 0 aromatic heterocycles. The van der Waals surface area contributed by atoms with Crippen LogP contribution in [0.2, 0.25) is 0 Å². The van der Waals surface area contributed by atoms with Crippen molar-refractivity contribution in [3.8, 4) is 6.07 Å². The van der Waals surface area contributed by atoms with Crippen molar-refractivity contribution >= 4 is 15.7 Å². The summed E-state index contributed by atoms with van der Waals surface area (Å²) < 4.78 is 27.3. The second-order valence-corrected chi connectivity index (χ2v) is 7.86. The molecular weight excluding hydrogens is 286 g/mol. The number of nitriles is 1. The molecule has 21 heavy (non-hydrogen) atoms. The molecule has 0 saturated carbocycles. The Labute approximate surface area is 126 Å². The van der Waals surface area contributed by atoms with Crippen molar-refractivity contribution < 1.29 is 8.42 Å². The van der Waals surface area contributed by atoms with Gasteiger partial charge in [0.2, 0.25) is 10.0 Å². The van der Waals surface area contributed by atoms with Crippen LogP contribution in [0.15, 0.2) is 23.1 Å². The molecule has 1 aromatic carbocycles. The summed E-state index contributed by atoms with van der Waals surface area (Å²) in [7, 11) is -3.63. The van der Waals surface area contributed by atoms with E-state index in [0.29, 0.717) is 23.9 Å². The van der Waals surface area contributed by atoms with Crippen LogP contribution < -0.4 is 5.73 Å². The van der Waals surface area contributed by atoms with E-state index in [4.69, 9.17) is 11.0 Å². The minimum absolute atomic E-state index is 0.0544. The number of piperidine rings is 1. The third-order valence-electron chi connectivity index (χ3n) is 4.27. The summed E-state index contributed by atoms with van der Waals surface area (Å²) in [4.78, 5) is 0.0923. The molecule has 0 aliphatic carbocycles. The number of hydrogen-bond donors (Lipinski definition) is 1. The predicted molar refractivity (Wildman–Crippen MR) is 81.9 cm³/mol. The first kappa shape index (κ1) is 15.8. The average Bonchev–Trinajstić information content (AvgIpc) is 2.42. The second kappa shape index (κ2) is 5.66. The molecule has 3 unspecified atom stereocenters. The molecular formula is C15H21N3O2S. The lowest BCUT2D eigenvalue weighted by Crippen LogP contribution is -2.48. The monoisotopic (exact) mass is 307 g/mol. The van der Waals surface area contributed by atoms with Crippen molar-refractivity contribution in [2.75, 3.05) is 12.3 Å². The summed E-state index contributed by atoms with van der Waals surface area (Å²) in [5.41, 5.74) is 6.34. The first-order valence-corrected chi connectivity index (χ1v) is 8.52. The largest absolute Gasteiger partial charge is 0.398 e. The summed E-state index contributed by atoms with van der Waals surface area (Å²) in [6.45, 7) is 6.58. The van der Waals surface area contributed by atoms with Crippen LogP contribution in [0.3, 0.4) is 0 Å². The molecule has 2 N–H and O–H groups in total. The third kappa shape index (κ3) is 2.89. The summed E-state index contributed by atoms with van der Waals surface area (Å²) in [6.07, 6.45) is 1.02. The maximum absolute atomic E-state index is 12.9. The van der Waals surface area contributed by atoms with Crippen LogP contribution in [0.1, 0.15) is 32.8 Å². The van der Waals surface area contributed by atoms with E-state index < -0.39 is 10.0 Å². The molecule has 0 bridgehead atoms. The maximum atomic E-state index is 12.9. The Morgan fingerprint density at radius 1 is 1.33 bits per heavy atom. The van der Waals surface area contributed by atoms with Crippen LogP contribution in [0.25, 0.3) is 0 Å². The van der Waals surface area contributed by atoms with E-state index in [1.165, 1.54) is 18.2 Å². The van der Waals surface area contributed by atoms with Gasteiger partial charge in [0.1, 0.15) is 4.90 Å². The Kier molecular flexibility index (Phi) is 4.26. The summed E-state index contributed by atoms with van der Waals surface area (Å²) >= 11 is 0. The number of benzene rings is 1. The summed E-state index contributed by atoms with van der Waals surface area (Å²) in [5, 5.41) is 8.85. The summed E-state index contributed by atoms with van der Waals surface area (Å²) in [6, 6.07) is 6.24.